The first kappa shape index (κ1) is 34.4. The minimum absolute atomic E-state index is 0.0595. The first-order valence-electron chi connectivity index (χ1n) is 16.4. The molecule has 5 rings (SSSR count). The van der Waals surface area contributed by atoms with E-state index in [2.05, 4.69) is 4.90 Å². The van der Waals surface area contributed by atoms with Crippen LogP contribution in [0.1, 0.15) is 38.3 Å². The molecule has 3 aromatic rings. The molecule has 3 amide bonds. The Balaban J connectivity index is 0.924. The maximum absolute atomic E-state index is 13.2. The number of benzene rings is 3. The summed E-state index contributed by atoms with van der Waals surface area (Å²) in [4.78, 5) is 43.9. The lowest BCUT2D eigenvalue weighted by Gasteiger charge is -2.37. The zero-order chi connectivity index (χ0) is 33.1. The Morgan fingerprint density at radius 2 is 1.26 bits per heavy atom. The summed E-state index contributed by atoms with van der Waals surface area (Å²) >= 11 is 0. The molecular formula is C37H46N4O6. The molecule has 0 spiro atoms. The normalized spacial score (nSPS) is 16.7. The lowest BCUT2D eigenvalue weighted by Crippen LogP contribution is -2.49. The van der Waals surface area contributed by atoms with Crippen LogP contribution in [-0.2, 0) is 24.4 Å². The third kappa shape index (κ3) is 8.14. The van der Waals surface area contributed by atoms with Crippen molar-refractivity contribution in [1.29, 1.82) is 0 Å². The average Bonchev–Trinajstić information content (AvgIpc) is 3.66. The largest absolute Gasteiger partial charge is 0.378 e. The van der Waals surface area contributed by atoms with E-state index in [-0.39, 0.29) is 23.6 Å². The van der Waals surface area contributed by atoms with Crippen molar-refractivity contribution in [1.82, 2.24) is 14.7 Å². The molecule has 10 heteroatoms. The molecule has 1 saturated heterocycles. The minimum Gasteiger partial charge on any atom is -0.378 e. The van der Waals surface area contributed by atoms with Crippen molar-refractivity contribution in [3.63, 3.8) is 0 Å². The molecule has 47 heavy (non-hydrogen) atoms. The van der Waals surface area contributed by atoms with Gasteiger partial charge in [0.1, 0.15) is 5.41 Å². The van der Waals surface area contributed by atoms with E-state index in [4.69, 9.17) is 19.9 Å². The fourth-order valence-corrected chi connectivity index (χ4v) is 6.70. The molecule has 0 saturated carbocycles. The number of likely N-dealkylation sites (N-methyl/N-ethyl adjacent to an activating group) is 1. The van der Waals surface area contributed by atoms with Crippen LogP contribution in [0.3, 0.4) is 0 Å². The third-order valence-corrected chi connectivity index (χ3v) is 9.23. The fraction of sp³-hybridized carbons (Fsp3) is 0.432. The number of hydrogen-bond donors (Lipinski definition) is 1. The molecule has 250 valence electrons. The topological polar surface area (TPSA) is 115 Å². The van der Waals surface area contributed by atoms with Gasteiger partial charge in [0.25, 0.3) is 11.8 Å². The Morgan fingerprint density at radius 3 is 1.81 bits per heavy atom. The van der Waals surface area contributed by atoms with Crippen molar-refractivity contribution < 1.29 is 28.6 Å². The van der Waals surface area contributed by atoms with E-state index < -0.39 is 5.41 Å². The summed E-state index contributed by atoms with van der Waals surface area (Å²) in [6, 6.07) is 26.8. The Kier molecular flexibility index (Phi) is 12.3. The summed E-state index contributed by atoms with van der Waals surface area (Å²) in [5.41, 5.74) is 8.15. The molecule has 2 aliphatic rings. The van der Waals surface area contributed by atoms with Crippen molar-refractivity contribution in [3.05, 3.63) is 107 Å². The average molecular weight is 643 g/mol. The zero-order valence-electron chi connectivity index (χ0n) is 27.2. The van der Waals surface area contributed by atoms with Gasteiger partial charge in [-0.25, -0.2) is 0 Å². The predicted octanol–water partition coefficient (Wildman–Crippen LogP) is 3.06. The van der Waals surface area contributed by atoms with Crippen molar-refractivity contribution in [2.45, 2.75) is 11.8 Å². The Bertz CT molecular complexity index is 1400. The van der Waals surface area contributed by atoms with Gasteiger partial charge >= 0.3 is 0 Å². The number of carbonyl (C=O) groups is 3. The van der Waals surface area contributed by atoms with Crippen LogP contribution in [0, 0.1) is 5.92 Å². The van der Waals surface area contributed by atoms with Gasteiger partial charge in [0.05, 0.1) is 50.8 Å². The van der Waals surface area contributed by atoms with Crippen molar-refractivity contribution in [2.24, 2.45) is 11.7 Å². The second-order valence-corrected chi connectivity index (χ2v) is 12.1. The van der Waals surface area contributed by atoms with Crippen LogP contribution in [0.5, 0.6) is 0 Å². The molecular weight excluding hydrogens is 596 g/mol. The van der Waals surface area contributed by atoms with Crippen LogP contribution in [-0.4, -0.2) is 118 Å². The number of hydrogen-bond acceptors (Lipinski definition) is 8. The maximum Gasteiger partial charge on any atom is 0.261 e. The van der Waals surface area contributed by atoms with Crippen LogP contribution in [0.25, 0.3) is 0 Å². The molecule has 0 aliphatic carbocycles. The van der Waals surface area contributed by atoms with Gasteiger partial charge in [0.15, 0.2) is 0 Å². The summed E-state index contributed by atoms with van der Waals surface area (Å²) in [5, 5.41) is 0. The lowest BCUT2D eigenvalue weighted by molar-refractivity contribution is -0.123. The molecule has 0 bridgehead atoms. The Labute approximate surface area is 277 Å². The number of imide groups is 1. The number of nitrogens with zero attached hydrogens (tertiary/aromatic N) is 3. The first-order valence-corrected chi connectivity index (χ1v) is 16.4. The third-order valence-electron chi connectivity index (χ3n) is 9.23. The Hall–Kier alpha value is -3.93. The predicted molar refractivity (Wildman–Crippen MR) is 179 cm³/mol. The molecule has 0 aromatic heterocycles. The van der Waals surface area contributed by atoms with E-state index in [1.54, 1.807) is 24.3 Å². The standard InChI is InChI=1S/C37H46N4O6/c1-39(18-19-41-34(42)32-14-8-9-15-33(32)35(41)43)20-22-45-24-26-47-27-25-46-23-21-40-17-16-31(28-40)37(36(38)44,29-10-4-2-5-11-29)30-12-6-3-7-13-30/h2-15,31H,16-28H2,1H3,(H2,38,44). The van der Waals surface area contributed by atoms with Crippen LogP contribution < -0.4 is 5.73 Å². The number of carbonyl (C=O) groups excluding carboxylic acids is 3. The summed E-state index contributed by atoms with van der Waals surface area (Å²) in [5.74, 6) is -0.708. The van der Waals surface area contributed by atoms with E-state index in [0.717, 1.165) is 37.2 Å². The van der Waals surface area contributed by atoms with Gasteiger partial charge in [0, 0.05) is 32.7 Å². The van der Waals surface area contributed by atoms with Crippen molar-refractivity contribution in [2.75, 3.05) is 86.0 Å². The molecule has 2 aliphatic heterocycles. The van der Waals surface area contributed by atoms with Crippen molar-refractivity contribution in [3.8, 4) is 0 Å². The maximum atomic E-state index is 13.2. The van der Waals surface area contributed by atoms with Crippen LogP contribution in [0.4, 0.5) is 0 Å². The van der Waals surface area contributed by atoms with Gasteiger partial charge in [-0.2, -0.15) is 0 Å². The second kappa shape index (κ2) is 16.8. The summed E-state index contributed by atoms with van der Waals surface area (Å²) in [6.45, 7) is 7.08. The number of amides is 3. The molecule has 2 N–H and O–H groups in total. The van der Waals surface area contributed by atoms with E-state index in [0.29, 0.717) is 70.4 Å². The quantitative estimate of drug-likeness (QED) is 0.157. The van der Waals surface area contributed by atoms with Gasteiger partial charge in [-0.15, -0.1) is 0 Å². The number of rotatable bonds is 19. The highest BCUT2D eigenvalue weighted by atomic mass is 16.5. The van der Waals surface area contributed by atoms with Gasteiger partial charge in [0.2, 0.25) is 5.91 Å². The lowest BCUT2D eigenvalue weighted by atomic mass is 9.64. The van der Waals surface area contributed by atoms with Crippen LogP contribution in [0.15, 0.2) is 84.9 Å². The van der Waals surface area contributed by atoms with E-state index in [1.165, 1.54) is 4.90 Å². The van der Waals surface area contributed by atoms with Crippen LogP contribution in [0.2, 0.25) is 0 Å². The number of likely N-dealkylation sites (tertiary alicyclic amines) is 1. The van der Waals surface area contributed by atoms with Gasteiger partial charge in [-0.3, -0.25) is 19.3 Å². The van der Waals surface area contributed by atoms with E-state index in [9.17, 15) is 14.4 Å². The molecule has 1 atom stereocenters. The summed E-state index contributed by atoms with van der Waals surface area (Å²) in [7, 11) is 1.94. The minimum atomic E-state index is -0.884. The SMILES string of the molecule is CN(CCOCCOCCOCCN1CCC(C(C(N)=O)(c2ccccc2)c2ccccc2)C1)CCN1C(=O)c2ccccc2C1=O. The second-order valence-electron chi connectivity index (χ2n) is 12.1. The Morgan fingerprint density at radius 1 is 0.745 bits per heavy atom. The van der Waals surface area contributed by atoms with Gasteiger partial charge in [-0.05, 0) is 49.2 Å². The highest BCUT2D eigenvalue weighted by molar-refractivity contribution is 6.21. The number of primary amides is 1. The smallest absolute Gasteiger partial charge is 0.261 e. The summed E-state index contributed by atoms with van der Waals surface area (Å²) < 4.78 is 17.2. The van der Waals surface area contributed by atoms with E-state index >= 15 is 0 Å². The molecule has 1 unspecified atom stereocenters. The zero-order valence-corrected chi connectivity index (χ0v) is 27.2. The molecule has 3 aromatic carbocycles. The van der Waals surface area contributed by atoms with Gasteiger partial charge < -0.3 is 29.7 Å². The molecule has 1 fully saturated rings. The molecule has 10 nitrogen and oxygen atoms in total. The van der Waals surface area contributed by atoms with Crippen LogP contribution >= 0.6 is 0 Å². The highest BCUT2D eigenvalue weighted by Crippen LogP contribution is 2.43. The molecule has 2 heterocycles. The number of nitrogens with two attached hydrogens (primary N) is 1. The van der Waals surface area contributed by atoms with Crippen molar-refractivity contribution >= 4 is 17.7 Å². The summed E-state index contributed by atoms with van der Waals surface area (Å²) in [6.07, 6.45) is 0.873. The number of fused-ring (bicyclic) bond motifs is 1. The first-order chi connectivity index (χ1) is 22.9. The number of ether oxygens (including phenoxy) is 3. The monoisotopic (exact) mass is 642 g/mol. The fourth-order valence-electron chi connectivity index (χ4n) is 6.70. The molecule has 0 radical (unpaired) electrons. The van der Waals surface area contributed by atoms with E-state index in [1.807, 2.05) is 72.6 Å². The highest BCUT2D eigenvalue weighted by Gasteiger charge is 2.49. The van der Waals surface area contributed by atoms with Gasteiger partial charge in [-0.1, -0.05) is 72.8 Å².